The highest BCUT2D eigenvalue weighted by Gasteiger charge is 2.16. The third kappa shape index (κ3) is 4.85. The number of aromatic carboxylic acids is 1. The first-order chi connectivity index (χ1) is 9.45. The van der Waals surface area contributed by atoms with E-state index in [-0.39, 0.29) is 23.8 Å². The van der Waals surface area contributed by atoms with Crippen LogP contribution in [-0.2, 0) is 4.79 Å². The van der Waals surface area contributed by atoms with Gasteiger partial charge in [0.15, 0.2) is 6.61 Å². The molecule has 0 aromatic heterocycles. The number of halogens is 1. The number of nitrogens with one attached hydrogen (secondary N) is 1. The Morgan fingerprint density at radius 3 is 2.70 bits per heavy atom. The maximum Gasteiger partial charge on any atom is 0.339 e. The molecule has 20 heavy (non-hydrogen) atoms. The van der Waals surface area contributed by atoms with Gasteiger partial charge in [-0.3, -0.25) is 4.79 Å². The monoisotopic (exact) mass is 343 g/mol. The van der Waals surface area contributed by atoms with Gasteiger partial charge in [-0.1, -0.05) is 29.3 Å². The van der Waals surface area contributed by atoms with Crippen LogP contribution in [0.3, 0.4) is 0 Å². The van der Waals surface area contributed by atoms with Crippen molar-refractivity contribution in [1.29, 1.82) is 0 Å². The van der Waals surface area contributed by atoms with E-state index in [4.69, 9.17) is 9.84 Å². The summed E-state index contributed by atoms with van der Waals surface area (Å²) in [6.07, 6.45) is 1.90. The van der Waals surface area contributed by atoms with Crippen molar-refractivity contribution in [3.63, 3.8) is 0 Å². The van der Waals surface area contributed by atoms with Crippen LogP contribution in [0.5, 0.6) is 5.75 Å². The Labute approximate surface area is 126 Å². The summed E-state index contributed by atoms with van der Waals surface area (Å²) in [5, 5.41) is 11.9. The number of carboxylic acid groups (broad SMARTS) is 1. The van der Waals surface area contributed by atoms with Crippen LogP contribution in [0.15, 0.2) is 16.6 Å². The van der Waals surface area contributed by atoms with E-state index in [9.17, 15) is 9.59 Å². The number of aryl methyl sites for hydroxylation is 1. The fourth-order valence-electron chi connectivity index (χ4n) is 1.67. The van der Waals surface area contributed by atoms with Gasteiger partial charge in [0.05, 0.1) is 0 Å². The third-order valence-electron chi connectivity index (χ3n) is 2.67. The first-order valence-corrected chi connectivity index (χ1v) is 7.18. The van der Waals surface area contributed by atoms with Gasteiger partial charge in [-0.15, -0.1) is 0 Å². The molecule has 0 unspecified atom stereocenters. The summed E-state index contributed by atoms with van der Waals surface area (Å²) in [5.74, 6) is -1.11. The average molecular weight is 344 g/mol. The van der Waals surface area contributed by atoms with E-state index in [2.05, 4.69) is 21.2 Å². The van der Waals surface area contributed by atoms with E-state index in [1.54, 1.807) is 13.0 Å². The number of hydrogen-bond donors (Lipinski definition) is 2. The first-order valence-electron chi connectivity index (χ1n) is 6.38. The highest BCUT2D eigenvalue weighted by Crippen LogP contribution is 2.28. The van der Waals surface area contributed by atoms with Crippen LogP contribution in [-0.4, -0.2) is 30.1 Å². The molecule has 0 spiro atoms. The van der Waals surface area contributed by atoms with E-state index in [1.165, 1.54) is 6.07 Å². The minimum absolute atomic E-state index is 0.0400. The SMILES string of the molecule is CCCCNC(=O)COc1c(C)cc(Br)cc1C(=O)O. The zero-order chi connectivity index (χ0) is 15.1. The molecule has 5 nitrogen and oxygen atoms in total. The molecular formula is C14H18BrNO4. The number of rotatable bonds is 7. The van der Waals surface area contributed by atoms with Crippen molar-refractivity contribution in [1.82, 2.24) is 5.32 Å². The van der Waals surface area contributed by atoms with Crippen LogP contribution in [0, 0.1) is 6.92 Å². The van der Waals surface area contributed by atoms with Crippen LogP contribution in [0.1, 0.15) is 35.7 Å². The molecule has 0 saturated heterocycles. The molecular weight excluding hydrogens is 326 g/mol. The maximum absolute atomic E-state index is 11.6. The molecule has 1 aromatic rings. The van der Waals surface area contributed by atoms with Crippen molar-refractivity contribution in [3.05, 3.63) is 27.7 Å². The molecule has 0 aliphatic carbocycles. The lowest BCUT2D eigenvalue weighted by Crippen LogP contribution is -2.30. The largest absolute Gasteiger partial charge is 0.483 e. The van der Waals surface area contributed by atoms with Crippen LogP contribution < -0.4 is 10.1 Å². The van der Waals surface area contributed by atoms with Gasteiger partial charge in [0.25, 0.3) is 5.91 Å². The van der Waals surface area contributed by atoms with Gasteiger partial charge in [0.2, 0.25) is 0 Å². The van der Waals surface area contributed by atoms with E-state index < -0.39 is 5.97 Å². The number of carbonyl (C=O) groups excluding carboxylic acids is 1. The van der Waals surface area contributed by atoms with Gasteiger partial charge in [-0.2, -0.15) is 0 Å². The van der Waals surface area contributed by atoms with Crippen molar-refractivity contribution >= 4 is 27.8 Å². The minimum atomic E-state index is -1.09. The second-order valence-electron chi connectivity index (χ2n) is 4.40. The molecule has 0 aliphatic heterocycles. The summed E-state index contributed by atoms with van der Waals surface area (Å²) < 4.78 is 6.02. The second-order valence-corrected chi connectivity index (χ2v) is 5.31. The molecule has 110 valence electrons. The Bertz CT molecular complexity index is 502. The molecule has 0 atom stereocenters. The second kappa shape index (κ2) is 7.89. The van der Waals surface area contributed by atoms with Gasteiger partial charge >= 0.3 is 5.97 Å². The Balaban J connectivity index is 2.72. The summed E-state index contributed by atoms with van der Waals surface area (Å²) in [5.41, 5.74) is 0.705. The standard InChI is InChI=1S/C14H18BrNO4/c1-3-4-5-16-12(17)8-20-13-9(2)6-10(15)7-11(13)14(18)19/h6-7H,3-5,8H2,1-2H3,(H,16,17)(H,18,19). The van der Waals surface area contributed by atoms with Gasteiger partial charge in [-0.25, -0.2) is 4.79 Å². The third-order valence-corrected chi connectivity index (χ3v) is 3.13. The number of benzene rings is 1. The van der Waals surface area contributed by atoms with Crippen LogP contribution in [0.25, 0.3) is 0 Å². The van der Waals surface area contributed by atoms with Gasteiger partial charge in [-0.05, 0) is 31.0 Å². The summed E-state index contributed by atoms with van der Waals surface area (Å²) in [4.78, 5) is 22.7. The van der Waals surface area contributed by atoms with E-state index in [0.717, 1.165) is 12.8 Å². The number of ether oxygens (including phenoxy) is 1. The molecule has 1 amide bonds. The quantitative estimate of drug-likeness (QED) is 0.746. The summed E-state index contributed by atoms with van der Waals surface area (Å²) >= 11 is 3.24. The minimum Gasteiger partial charge on any atom is -0.483 e. The molecule has 0 heterocycles. The highest BCUT2D eigenvalue weighted by atomic mass is 79.9. The Kier molecular flexibility index (Phi) is 6.51. The molecule has 0 saturated carbocycles. The number of hydrogen-bond acceptors (Lipinski definition) is 3. The van der Waals surface area contributed by atoms with Crippen molar-refractivity contribution < 1.29 is 19.4 Å². The normalized spacial score (nSPS) is 10.2. The lowest BCUT2D eigenvalue weighted by atomic mass is 10.1. The molecule has 0 fully saturated rings. The maximum atomic E-state index is 11.6. The Morgan fingerprint density at radius 2 is 2.10 bits per heavy atom. The topological polar surface area (TPSA) is 75.6 Å². The molecule has 2 N–H and O–H groups in total. The van der Waals surface area contributed by atoms with Crippen LogP contribution in [0.4, 0.5) is 0 Å². The van der Waals surface area contributed by atoms with Crippen molar-refractivity contribution in [2.45, 2.75) is 26.7 Å². The fraction of sp³-hybridized carbons (Fsp3) is 0.429. The molecule has 0 radical (unpaired) electrons. The van der Waals surface area contributed by atoms with E-state index >= 15 is 0 Å². The van der Waals surface area contributed by atoms with Gasteiger partial charge in [0, 0.05) is 11.0 Å². The Hall–Kier alpha value is -1.56. The van der Waals surface area contributed by atoms with Crippen molar-refractivity contribution in [3.8, 4) is 5.75 Å². The summed E-state index contributed by atoms with van der Waals surface area (Å²) in [6.45, 7) is 4.19. The fourth-order valence-corrected chi connectivity index (χ4v) is 2.25. The predicted molar refractivity (Wildman–Crippen MR) is 79.3 cm³/mol. The predicted octanol–water partition coefficient (Wildman–Crippen LogP) is 2.75. The number of unbranched alkanes of at least 4 members (excludes halogenated alkanes) is 1. The van der Waals surface area contributed by atoms with Crippen molar-refractivity contribution in [2.75, 3.05) is 13.2 Å². The zero-order valence-corrected chi connectivity index (χ0v) is 13.1. The lowest BCUT2D eigenvalue weighted by molar-refractivity contribution is -0.123. The summed E-state index contributed by atoms with van der Waals surface area (Å²) in [7, 11) is 0. The molecule has 1 rings (SSSR count). The van der Waals surface area contributed by atoms with Gasteiger partial charge < -0.3 is 15.2 Å². The van der Waals surface area contributed by atoms with Crippen LogP contribution >= 0.6 is 15.9 Å². The molecule has 0 bridgehead atoms. The number of amides is 1. The van der Waals surface area contributed by atoms with Gasteiger partial charge in [0.1, 0.15) is 11.3 Å². The number of carbonyl (C=O) groups is 2. The van der Waals surface area contributed by atoms with E-state index in [1.807, 2.05) is 6.92 Å². The molecule has 6 heteroatoms. The first kappa shape index (κ1) is 16.5. The average Bonchev–Trinajstić information content (AvgIpc) is 2.37. The zero-order valence-electron chi connectivity index (χ0n) is 11.5. The van der Waals surface area contributed by atoms with E-state index in [0.29, 0.717) is 16.6 Å². The Morgan fingerprint density at radius 1 is 1.40 bits per heavy atom. The lowest BCUT2D eigenvalue weighted by Gasteiger charge is -2.12. The molecule has 0 aliphatic rings. The van der Waals surface area contributed by atoms with Crippen molar-refractivity contribution in [2.24, 2.45) is 0 Å². The summed E-state index contributed by atoms with van der Waals surface area (Å²) in [6, 6.07) is 3.20. The smallest absolute Gasteiger partial charge is 0.339 e. The van der Waals surface area contributed by atoms with Crippen LogP contribution in [0.2, 0.25) is 0 Å². The molecule has 1 aromatic carbocycles. The number of carboxylic acids is 1. The highest BCUT2D eigenvalue weighted by molar-refractivity contribution is 9.10.